The number of aliphatic hydroxyl groups is 6. The number of primary amides is 1. The van der Waals surface area contributed by atoms with E-state index in [-0.39, 0.29) is 25.0 Å². The van der Waals surface area contributed by atoms with Gasteiger partial charge in [0.2, 0.25) is 0 Å². The van der Waals surface area contributed by atoms with Crippen LogP contribution in [0.1, 0.15) is 26.2 Å². The summed E-state index contributed by atoms with van der Waals surface area (Å²) in [7, 11) is 0. The van der Waals surface area contributed by atoms with Crippen LogP contribution in [0.4, 0.5) is 4.79 Å². The zero-order valence-corrected chi connectivity index (χ0v) is 19.1. The fourth-order valence-electron chi connectivity index (χ4n) is 5.00. The van der Waals surface area contributed by atoms with E-state index in [2.05, 4.69) is 0 Å². The van der Waals surface area contributed by atoms with Crippen molar-refractivity contribution in [2.24, 2.45) is 17.6 Å². The van der Waals surface area contributed by atoms with Crippen molar-refractivity contribution in [2.75, 3.05) is 26.4 Å². The predicted octanol–water partition coefficient (Wildman–Crippen LogP) is -2.79. The van der Waals surface area contributed by atoms with Crippen LogP contribution in [0.5, 0.6) is 0 Å². The summed E-state index contributed by atoms with van der Waals surface area (Å²) in [6.45, 7) is 1.69. The van der Waals surface area contributed by atoms with Gasteiger partial charge in [0, 0.05) is 6.61 Å². The molecular formula is C21H37NO12. The molecule has 2 saturated heterocycles. The largest absolute Gasteiger partial charge is 0.441 e. The molecule has 12 atom stereocenters. The first kappa shape index (κ1) is 27.5. The third-order valence-electron chi connectivity index (χ3n) is 6.99. The van der Waals surface area contributed by atoms with Crippen LogP contribution in [0.3, 0.4) is 0 Å². The lowest BCUT2D eigenvalue weighted by molar-refractivity contribution is -0.342. The van der Waals surface area contributed by atoms with E-state index in [0.29, 0.717) is 6.61 Å². The average Bonchev–Trinajstić information content (AvgIpc) is 2.78. The van der Waals surface area contributed by atoms with Gasteiger partial charge in [0.1, 0.15) is 36.6 Å². The second-order valence-electron chi connectivity index (χ2n) is 9.12. The van der Waals surface area contributed by atoms with Crippen molar-refractivity contribution >= 4 is 6.09 Å². The van der Waals surface area contributed by atoms with Gasteiger partial charge < -0.3 is 60.1 Å². The van der Waals surface area contributed by atoms with Crippen LogP contribution in [0.2, 0.25) is 0 Å². The van der Waals surface area contributed by atoms with Gasteiger partial charge in [0.25, 0.3) is 0 Å². The molecule has 1 saturated carbocycles. The Morgan fingerprint density at radius 1 is 0.971 bits per heavy atom. The number of ether oxygens (including phenoxy) is 5. The van der Waals surface area contributed by atoms with Gasteiger partial charge in [-0.2, -0.15) is 0 Å². The van der Waals surface area contributed by atoms with Gasteiger partial charge in [-0.15, -0.1) is 0 Å². The number of hydrogen-bond donors (Lipinski definition) is 7. The summed E-state index contributed by atoms with van der Waals surface area (Å²) < 4.78 is 27.3. The van der Waals surface area contributed by atoms with Gasteiger partial charge in [-0.05, 0) is 38.0 Å². The van der Waals surface area contributed by atoms with E-state index in [1.54, 1.807) is 6.92 Å². The maximum Gasteiger partial charge on any atom is 0.404 e. The highest BCUT2D eigenvalue weighted by molar-refractivity contribution is 5.65. The molecule has 0 aromatic carbocycles. The van der Waals surface area contributed by atoms with Crippen LogP contribution >= 0.6 is 0 Å². The molecule has 2 aliphatic heterocycles. The Kier molecular flexibility index (Phi) is 9.86. The molecule has 1 amide bonds. The number of amides is 1. The SMILES string of the molecule is CC1O[C@@H](C2CCC2CCOCCO)[C@@H](O)[C@H](O)[C@@H]1O[C@H]1O[C@H](CO)[C@@H](O)[C@H](OC(N)=O)[C@@H]1O. The van der Waals surface area contributed by atoms with Crippen LogP contribution in [0.25, 0.3) is 0 Å². The van der Waals surface area contributed by atoms with Crippen molar-refractivity contribution in [1.82, 2.24) is 0 Å². The molecule has 2 heterocycles. The van der Waals surface area contributed by atoms with Crippen LogP contribution in [-0.2, 0) is 23.7 Å². The molecule has 0 radical (unpaired) electrons. The lowest BCUT2D eigenvalue weighted by atomic mass is 9.66. The summed E-state index contributed by atoms with van der Waals surface area (Å²) in [5, 5.41) is 60.7. The van der Waals surface area contributed by atoms with E-state index >= 15 is 0 Å². The highest BCUT2D eigenvalue weighted by Gasteiger charge is 2.53. The van der Waals surface area contributed by atoms with Gasteiger partial charge in [-0.25, -0.2) is 4.79 Å². The third kappa shape index (κ3) is 5.98. The lowest BCUT2D eigenvalue weighted by Crippen LogP contribution is -2.65. The molecule has 3 unspecified atom stereocenters. The van der Waals surface area contributed by atoms with Crippen molar-refractivity contribution in [3.05, 3.63) is 0 Å². The Bertz CT molecular complexity index is 655. The van der Waals surface area contributed by atoms with E-state index in [9.17, 15) is 30.3 Å². The molecule has 8 N–H and O–H groups in total. The van der Waals surface area contributed by atoms with E-state index in [1.165, 1.54) is 0 Å². The zero-order valence-electron chi connectivity index (χ0n) is 19.1. The monoisotopic (exact) mass is 495 g/mol. The van der Waals surface area contributed by atoms with E-state index in [4.69, 9.17) is 34.5 Å². The van der Waals surface area contributed by atoms with Gasteiger partial charge in [0.05, 0.1) is 32.0 Å². The lowest BCUT2D eigenvalue weighted by Gasteiger charge is -2.51. The van der Waals surface area contributed by atoms with Gasteiger partial charge in [-0.1, -0.05) is 0 Å². The molecular weight excluding hydrogens is 458 g/mol. The molecule has 0 aromatic heterocycles. The van der Waals surface area contributed by atoms with E-state index in [1.807, 2.05) is 0 Å². The fourth-order valence-corrected chi connectivity index (χ4v) is 5.00. The van der Waals surface area contributed by atoms with Crippen molar-refractivity contribution in [3.63, 3.8) is 0 Å². The molecule has 3 aliphatic rings. The van der Waals surface area contributed by atoms with Gasteiger partial charge in [0.15, 0.2) is 12.4 Å². The Hall–Kier alpha value is -1.13. The summed E-state index contributed by atoms with van der Waals surface area (Å²) >= 11 is 0. The molecule has 0 aromatic rings. The van der Waals surface area contributed by atoms with Crippen LogP contribution < -0.4 is 5.73 Å². The molecule has 3 rings (SSSR count). The Balaban J connectivity index is 1.62. The van der Waals surface area contributed by atoms with Crippen molar-refractivity contribution < 1.29 is 59.1 Å². The first-order valence-corrected chi connectivity index (χ1v) is 11.6. The second kappa shape index (κ2) is 12.2. The van der Waals surface area contributed by atoms with Gasteiger partial charge in [-0.3, -0.25) is 0 Å². The molecule has 1 aliphatic carbocycles. The number of nitrogens with two attached hydrogens (primary N) is 1. The third-order valence-corrected chi connectivity index (χ3v) is 6.99. The molecule has 34 heavy (non-hydrogen) atoms. The van der Waals surface area contributed by atoms with Crippen LogP contribution in [0, 0.1) is 11.8 Å². The minimum atomic E-state index is -1.69. The summed E-state index contributed by atoms with van der Waals surface area (Å²) in [4.78, 5) is 11.2. The number of rotatable bonds is 10. The second-order valence-corrected chi connectivity index (χ2v) is 9.12. The quantitative estimate of drug-likeness (QED) is 0.153. The number of aliphatic hydroxyl groups excluding tert-OH is 6. The van der Waals surface area contributed by atoms with Crippen molar-refractivity contribution in [3.8, 4) is 0 Å². The first-order chi connectivity index (χ1) is 16.2. The van der Waals surface area contributed by atoms with Crippen LogP contribution in [0.15, 0.2) is 0 Å². The topological polar surface area (TPSA) is 211 Å². The van der Waals surface area contributed by atoms with Crippen molar-refractivity contribution in [1.29, 1.82) is 0 Å². The first-order valence-electron chi connectivity index (χ1n) is 11.6. The highest BCUT2D eigenvalue weighted by atomic mass is 16.7. The molecule has 3 fully saturated rings. The molecule has 0 bridgehead atoms. The number of carbonyl (C=O) groups is 1. The molecule has 13 nitrogen and oxygen atoms in total. The van der Waals surface area contributed by atoms with Crippen molar-refractivity contribution in [2.45, 2.75) is 87.4 Å². The Labute approximate surface area is 197 Å². The smallest absolute Gasteiger partial charge is 0.404 e. The van der Waals surface area contributed by atoms with E-state index in [0.717, 1.165) is 19.3 Å². The number of hydrogen-bond acceptors (Lipinski definition) is 12. The number of carbonyl (C=O) groups excluding carboxylic acids is 1. The summed E-state index contributed by atoms with van der Waals surface area (Å²) in [5.74, 6) is 0.266. The zero-order chi connectivity index (χ0) is 25.0. The maximum atomic E-state index is 11.2. The van der Waals surface area contributed by atoms with E-state index < -0.39 is 73.9 Å². The summed E-state index contributed by atoms with van der Waals surface area (Å²) in [6.07, 6.45) is -11.4. The molecule has 0 spiro atoms. The summed E-state index contributed by atoms with van der Waals surface area (Å²) in [6, 6.07) is 0. The average molecular weight is 496 g/mol. The van der Waals surface area contributed by atoms with Crippen LogP contribution in [-0.4, -0.2) is 124 Å². The molecule has 13 heteroatoms. The minimum absolute atomic E-state index is 0.0181. The molecule has 198 valence electrons. The maximum absolute atomic E-state index is 11.2. The Morgan fingerprint density at radius 3 is 2.29 bits per heavy atom. The minimum Gasteiger partial charge on any atom is -0.441 e. The summed E-state index contributed by atoms with van der Waals surface area (Å²) in [5.41, 5.74) is 5.01. The predicted molar refractivity (Wildman–Crippen MR) is 112 cm³/mol. The normalized spacial score (nSPS) is 44.9. The fraction of sp³-hybridized carbons (Fsp3) is 0.952. The Morgan fingerprint density at radius 2 is 1.71 bits per heavy atom. The highest BCUT2D eigenvalue weighted by Crippen LogP contribution is 2.44. The van der Waals surface area contributed by atoms with Gasteiger partial charge >= 0.3 is 6.09 Å². The standard InChI is InChI=1S/C21H37NO12/c1-9-17(33-20-16(28)19(34-21(22)29)13(25)12(8-24)32-20)14(26)15(27)18(31-9)11-3-2-10(11)4-6-30-7-5-23/h9-20,23-28H,2-8H2,1H3,(H2,22,29)/t9?,10?,11?,12-,13-,14+,15+,16+,17-,18+,19+,20-/m1/s1.